The maximum absolute atomic E-state index is 6.32. The molecule has 0 aromatic heterocycles. The fourth-order valence-corrected chi connectivity index (χ4v) is 2.51. The first-order valence-electron chi connectivity index (χ1n) is 6.09. The van der Waals surface area contributed by atoms with Gasteiger partial charge in [-0.15, -0.1) is 0 Å². The molecule has 1 aliphatic heterocycles. The van der Waals surface area contributed by atoms with Gasteiger partial charge in [-0.1, -0.05) is 11.6 Å². The van der Waals surface area contributed by atoms with Crippen LogP contribution in [0.15, 0.2) is 18.2 Å². The van der Waals surface area contributed by atoms with E-state index in [1.165, 1.54) is 24.9 Å². The van der Waals surface area contributed by atoms with Crippen LogP contribution in [0.1, 0.15) is 26.2 Å². The Morgan fingerprint density at radius 1 is 1.25 bits per heavy atom. The number of nitrogens with one attached hydrogen (secondary N) is 1. The first-order valence-corrected chi connectivity index (χ1v) is 6.47. The molecule has 1 aromatic rings. The van der Waals surface area contributed by atoms with Gasteiger partial charge in [0.15, 0.2) is 0 Å². The lowest BCUT2D eigenvalue weighted by molar-refractivity contribution is 0.578. The van der Waals surface area contributed by atoms with Crippen LogP contribution >= 0.6 is 11.6 Å². The Labute approximate surface area is 103 Å². The molecule has 3 heteroatoms. The van der Waals surface area contributed by atoms with Gasteiger partial charge in [0.2, 0.25) is 0 Å². The Hall–Kier alpha value is -0.890. The van der Waals surface area contributed by atoms with Crippen molar-refractivity contribution in [2.45, 2.75) is 26.2 Å². The number of hydrogen-bond donors (Lipinski definition) is 1. The zero-order chi connectivity index (χ0) is 11.4. The minimum Gasteiger partial charge on any atom is -0.385 e. The lowest BCUT2D eigenvalue weighted by Crippen LogP contribution is -2.29. The van der Waals surface area contributed by atoms with E-state index in [2.05, 4.69) is 29.3 Å². The van der Waals surface area contributed by atoms with Gasteiger partial charge in [0, 0.05) is 25.3 Å². The van der Waals surface area contributed by atoms with Crippen molar-refractivity contribution in [3.8, 4) is 0 Å². The summed E-state index contributed by atoms with van der Waals surface area (Å²) in [5, 5.41) is 4.14. The van der Waals surface area contributed by atoms with Gasteiger partial charge in [-0.2, -0.15) is 0 Å². The van der Waals surface area contributed by atoms with Gasteiger partial charge in [0.05, 0.1) is 10.7 Å². The molecule has 0 spiro atoms. The molecular formula is C13H19ClN2. The molecular weight excluding hydrogens is 220 g/mol. The molecule has 0 aliphatic carbocycles. The second kappa shape index (κ2) is 5.44. The summed E-state index contributed by atoms with van der Waals surface area (Å²) in [7, 11) is 0. The highest BCUT2D eigenvalue weighted by Crippen LogP contribution is 2.30. The number of hydrogen-bond acceptors (Lipinski definition) is 2. The predicted octanol–water partition coefficient (Wildman–Crippen LogP) is 3.76. The second-order valence-electron chi connectivity index (χ2n) is 4.24. The van der Waals surface area contributed by atoms with Crippen LogP contribution in [0.3, 0.4) is 0 Å². The van der Waals surface area contributed by atoms with Gasteiger partial charge >= 0.3 is 0 Å². The van der Waals surface area contributed by atoms with Crippen molar-refractivity contribution >= 4 is 23.0 Å². The van der Waals surface area contributed by atoms with E-state index in [1.807, 2.05) is 6.07 Å². The average molecular weight is 239 g/mol. The molecule has 0 amide bonds. The monoisotopic (exact) mass is 238 g/mol. The van der Waals surface area contributed by atoms with Crippen molar-refractivity contribution in [3.63, 3.8) is 0 Å². The Morgan fingerprint density at radius 2 is 2.00 bits per heavy atom. The molecule has 1 N–H and O–H groups in total. The first-order chi connectivity index (χ1) is 7.81. The van der Waals surface area contributed by atoms with Gasteiger partial charge in [0.25, 0.3) is 0 Å². The maximum atomic E-state index is 6.32. The molecule has 1 aromatic carbocycles. The van der Waals surface area contributed by atoms with E-state index in [0.717, 1.165) is 30.3 Å². The lowest BCUT2D eigenvalue weighted by atomic mass is 10.1. The normalized spacial score (nSPS) is 16.2. The number of anilines is 2. The molecule has 88 valence electrons. The molecule has 1 aliphatic rings. The summed E-state index contributed by atoms with van der Waals surface area (Å²) < 4.78 is 0. The van der Waals surface area contributed by atoms with Crippen molar-refractivity contribution in [2.24, 2.45) is 0 Å². The molecule has 0 saturated carbocycles. The standard InChI is InChI=1S/C13H19ClN2/c1-2-15-11-6-7-13(12(14)10-11)16-8-4-3-5-9-16/h6-7,10,15H,2-5,8-9H2,1H3. The van der Waals surface area contributed by atoms with Crippen LogP contribution in [-0.2, 0) is 0 Å². The molecule has 1 saturated heterocycles. The zero-order valence-electron chi connectivity index (χ0n) is 9.80. The predicted molar refractivity (Wildman–Crippen MR) is 71.7 cm³/mol. The molecule has 2 nitrogen and oxygen atoms in total. The fraction of sp³-hybridized carbons (Fsp3) is 0.538. The highest BCUT2D eigenvalue weighted by atomic mass is 35.5. The van der Waals surface area contributed by atoms with Crippen LogP contribution in [-0.4, -0.2) is 19.6 Å². The molecule has 0 radical (unpaired) electrons. The Bertz CT molecular complexity index is 346. The summed E-state index contributed by atoms with van der Waals surface area (Å²) in [5.41, 5.74) is 2.29. The molecule has 2 rings (SSSR count). The summed E-state index contributed by atoms with van der Waals surface area (Å²) in [4.78, 5) is 2.39. The van der Waals surface area contributed by atoms with Crippen molar-refractivity contribution in [2.75, 3.05) is 29.9 Å². The largest absolute Gasteiger partial charge is 0.385 e. The Kier molecular flexibility index (Phi) is 3.94. The number of benzene rings is 1. The summed E-state index contributed by atoms with van der Waals surface area (Å²) in [5.74, 6) is 0. The smallest absolute Gasteiger partial charge is 0.0660 e. The average Bonchev–Trinajstić information content (AvgIpc) is 2.31. The summed E-state index contributed by atoms with van der Waals surface area (Å²) in [6.07, 6.45) is 3.92. The van der Waals surface area contributed by atoms with Crippen LogP contribution in [0, 0.1) is 0 Å². The Balaban J connectivity index is 2.14. The van der Waals surface area contributed by atoms with E-state index < -0.39 is 0 Å². The third-order valence-corrected chi connectivity index (χ3v) is 3.33. The summed E-state index contributed by atoms with van der Waals surface area (Å²) >= 11 is 6.32. The number of rotatable bonds is 3. The molecule has 0 unspecified atom stereocenters. The van der Waals surface area contributed by atoms with Gasteiger partial charge < -0.3 is 10.2 Å². The summed E-state index contributed by atoms with van der Waals surface area (Å²) in [6, 6.07) is 6.26. The van der Waals surface area contributed by atoms with Gasteiger partial charge in [-0.3, -0.25) is 0 Å². The number of nitrogens with zero attached hydrogens (tertiary/aromatic N) is 1. The molecule has 16 heavy (non-hydrogen) atoms. The van der Waals surface area contributed by atoms with E-state index in [4.69, 9.17) is 11.6 Å². The molecule has 0 bridgehead atoms. The summed E-state index contributed by atoms with van der Waals surface area (Å²) in [6.45, 7) is 5.30. The van der Waals surface area contributed by atoms with Crippen LogP contribution in [0.2, 0.25) is 5.02 Å². The first kappa shape index (κ1) is 11.6. The fourth-order valence-electron chi connectivity index (χ4n) is 2.21. The number of halogens is 1. The molecule has 1 fully saturated rings. The highest BCUT2D eigenvalue weighted by molar-refractivity contribution is 6.33. The van der Waals surface area contributed by atoms with Gasteiger partial charge in [-0.05, 0) is 44.4 Å². The highest BCUT2D eigenvalue weighted by Gasteiger charge is 2.13. The van der Waals surface area contributed by atoms with E-state index in [-0.39, 0.29) is 0 Å². The van der Waals surface area contributed by atoms with Gasteiger partial charge in [0.1, 0.15) is 0 Å². The van der Waals surface area contributed by atoms with Crippen molar-refractivity contribution in [3.05, 3.63) is 23.2 Å². The molecule has 0 atom stereocenters. The van der Waals surface area contributed by atoms with Crippen LogP contribution in [0.4, 0.5) is 11.4 Å². The molecule has 1 heterocycles. The lowest BCUT2D eigenvalue weighted by Gasteiger charge is -2.29. The Morgan fingerprint density at radius 3 is 2.62 bits per heavy atom. The van der Waals surface area contributed by atoms with Crippen LogP contribution < -0.4 is 10.2 Å². The van der Waals surface area contributed by atoms with E-state index in [1.54, 1.807) is 0 Å². The van der Waals surface area contributed by atoms with E-state index in [9.17, 15) is 0 Å². The topological polar surface area (TPSA) is 15.3 Å². The third-order valence-electron chi connectivity index (χ3n) is 3.03. The van der Waals surface area contributed by atoms with Crippen molar-refractivity contribution in [1.29, 1.82) is 0 Å². The SMILES string of the molecule is CCNc1ccc(N2CCCCC2)c(Cl)c1. The third kappa shape index (κ3) is 2.62. The minimum absolute atomic E-state index is 0.861. The maximum Gasteiger partial charge on any atom is 0.0660 e. The van der Waals surface area contributed by atoms with Crippen LogP contribution in [0.25, 0.3) is 0 Å². The van der Waals surface area contributed by atoms with Crippen LogP contribution in [0.5, 0.6) is 0 Å². The van der Waals surface area contributed by atoms with Crippen molar-refractivity contribution < 1.29 is 0 Å². The minimum atomic E-state index is 0.861. The second-order valence-corrected chi connectivity index (χ2v) is 4.65. The van der Waals surface area contributed by atoms with Crippen molar-refractivity contribution in [1.82, 2.24) is 0 Å². The van der Waals surface area contributed by atoms with E-state index in [0.29, 0.717) is 0 Å². The van der Waals surface area contributed by atoms with Gasteiger partial charge in [-0.25, -0.2) is 0 Å². The number of piperidine rings is 1. The quantitative estimate of drug-likeness (QED) is 0.863. The zero-order valence-corrected chi connectivity index (χ0v) is 10.6. The van der Waals surface area contributed by atoms with E-state index >= 15 is 0 Å².